The van der Waals surface area contributed by atoms with Crippen LogP contribution in [0.4, 0.5) is 0 Å². The average molecular weight is 365 g/mol. The van der Waals surface area contributed by atoms with Gasteiger partial charge in [0.1, 0.15) is 0 Å². The number of aromatic nitrogens is 1. The van der Waals surface area contributed by atoms with E-state index in [9.17, 15) is 4.79 Å². The van der Waals surface area contributed by atoms with Crippen molar-refractivity contribution in [3.63, 3.8) is 0 Å². The minimum atomic E-state index is 0.130. The van der Waals surface area contributed by atoms with E-state index >= 15 is 0 Å². The molecule has 3 rings (SSSR count). The molecule has 1 aliphatic rings. The van der Waals surface area contributed by atoms with Crippen LogP contribution in [0.1, 0.15) is 12.3 Å². The highest BCUT2D eigenvalue weighted by Gasteiger charge is 2.17. The molecule has 0 aliphatic carbocycles. The van der Waals surface area contributed by atoms with Gasteiger partial charge in [-0.3, -0.25) is 4.79 Å². The van der Waals surface area contributed by atoms with E-state index < -0.39 is 0 Å². The SMILES string of the molecule is O=C(CCc1ncc(-c2cccc(Br)c2)o1)N1CCOCC1. The predicted molar refractivity (Wildman–Crippen MR) is 85.4 cm³/mol. The average Bonchev–Trinajstić information content (AvgIpc) is 3.02. The third-order valence-electron chi connectivity index (χ3n) is 3.58. The highest BCUT2D eigenvalue weighted by atomic mass is 79.9. The lowest BCUT2D eigenvalue weighted by Crippen LogP contribution is -2.40. The van der Waals surface area contributed by atoms with Crippen LogP contribution in [-0.4, -0.2) is 42.1 Å². The van der Waals surface area contributed by atoms with Crippen molar-refractivity contribution in [2.75, 3.05) is 26.3 Å². The molecule has 116 valence electrons. The number of hydrogen-bond acceptors (Lipinski definition) is 4. The quantitative estimate of drug-likeness (QED) is 0.836. The lowest BCUT2D eigenvalue weighted by Gasteiger charge is -2.26. The van der Waals surface area contributed by atoms with Gasteiger partial charge in [-0.05, 0) is 12.1 Å². The predicted octanol–water partition coefficient (Wildman–Crippen LogP) is 2.90. The number of oxazole rings is 1. The smallest absolute Gasteiger partial charge is 0.223 e. The zero-order chi connectivity index (χ0) is 15.4. The van der Waals surface area contributed by atoms with Crippen LogP contribution in [0.3, 0.4) is 0 Å². The Morgan fingerprint density at radius 3 is 2.91 bits per heavy atom. The number of ether oxygens (including phenoxy) is 1. The second-order valence-electron chi connectivity index (χ2n) is 5.12. The minimum absolute atomic E-state index is 0.130. The van der Waals surface area contributed by atoms with Gasteiger partial charge in [0.2, 0.25) is 5.91 Å². The summed E-state index contributed by atoms with van der Waals surface area (Å²) in [7, 11) is 0. The number of carbonyl (C=O) groups excluding carboxylic acids is 1. The third kappa shape index (κ3) is 3.75. The van der Waals surface area contributed by atoms with Gasteiger partial charge in [-0.2, -0.15) is 0 Å². The molecule has 1 aromatic carbocycles. The molecular formula is C16H17BrN2O3. The molecule has 0 radical (unpaired) electrons. The van der Waals surface area contributed by atoms with Crippen LogP contribution in [0.2, 0.25) is 0 Å². The Bertz CT molecular complexity index is 650. The molecule has 0 N–H and O–H groups in total. The summed E-state index contributed by atoms with van der Waals surface area (Å²) in [5.41, 5.74) is 0.965. The van der Waals surface area contributed by atoms with E-state index in [2.05, 4.69) is 20.9 Å². The Hall–Kier alpha value is -1.66. The van der Waals surface area contributed by atoms with Crippen LogP contribution in [0.5, 0.6) is 0 Å². The number of halogens is 1. The zero-order valence-corrected chi connectivity index (χ0v) is 13.7. The molecule has 0 unspecified atom stereocenters. The molecule has 1 fully saturated rings. The molecule has 0 spiro atoms. The van der Waals surface area contributed by atoms with E-state index in [1.165, 1.54) is 0 Å². The summed E-state index contributed by atoms with van der Waals surface area (Å²) < 4.78 is 12.0. The van der Waals surface area contributed by atoms with Crippen molar-refractivity contribution in [2.45, 2.75) is 12.8 Å². The maximum Gasteiger partial charge on any atom is 0.223 e. The Kier molecular flexibility index (Phi) is 4.90. The minimum Gasteiger partial charge on any atom is -0.441 e. The number of nitrogens with zero attached hydrogens (tertiary/aromatic N) is 2. The van der Waals surface area contributed by atoms with Gasteiger partial charge in [0.05, 0.1) is 19.4 Å². The summed E-state index contributed by atoms with van der Waals surface area (Å²) in [4.78, 5) is 18.2. The van der Waals surface area contributed by atoms with Crippen molar-refractivity contribution in [2.24, 2.45) is 0 Å². The standard InChI is InChI=1S/C16H17BrN2O3/c17-13-3-1-2-12(10-13)14-11-18-15(22-14)4-5-16(20)19-6-8-21-9-7-19/h1-3,10-11H,4-9H2. The van der Waals surface area contributed by atoms with Gasteiger partial charge in [0, 0.05) is 36.0 Å². The first-order valence-corrected chi connectivity index (χ1v) is 8.08. The van der Waals surface area contributed by atoms with Gasteiger partial charge >= 0.3 is 0 Å². The van der Waals surface area contributed by atoms with Crippen molar-refractivity contribution in [1.29, 1.82) is 0 Å². The molecule has 5 nitrogen and oxygen atoms in total. The topological polar surface area (TPSA) is 55.6 Å². The van der Waals surface area contributed by atoms with Crippen LogP contribution in [-0.2, 0) is 16.0 Å². The van der Waals surface area contributed by atoms with Gasteiger partial charge in [-0.15, -0.1) is 0 Å². The maximum atomic E-state index is 12.1. The summed E-state index contributed by atoms with van der Waals surface area (Å²) in [6, 6.07) is 7.85. The molecule has 1 amide bonds. The number of rotatable bonds is 4. The Labute approximate surface area is 137 Å². The largest absolute Gasteiger partial charge is 0.441 e. The number of hydrogen-bond donors (Lipinski definition) is 0. The fourth-order valence-corrected chi connectivity index (χ4v) is 2.79. The Morgan fingerprint density at radius 2 is 2.14 bits per heavy atom. The van der Waals surface area contributed by atoms with Crippen LogP contribution in [0.25, 0.3) is 11.3 Å². The van der Waals surface area contributed by atoms with Crippen molar-refractivity contribution in [1.82, 2.24) is 9.88 Å². The number of benzene rings is 1. The van der Waals surface area contributed by atoms with E-state index in [1.54, 1.807) is 6.20 Å². The summed E-state index contributed by atoms with van der Waals surface area (Å²) in [5.74, 6) is 1.44. The third-order valence-corrected chi connectivity index (χ3v) is 4.07. The van der Waals surface area contributed by atoms with Gasteiger partial charge in [-0.25, -0.2) is 4.98 Å². The highest BCUT2D eigenvalue weighted by molar-refractivity contribution is 9.10. The summed E-state index contributed by atoms with van der Waals surface area (Å²) in [6.07, 6.45) is 2.64. The van der Waals surface area contributed by atoms with E-state index in [4.69, 9.17) is 9.15 Å². The van der Waals surface area contributed by atoms with Gasteiger partial charge < -0.3 is 14.1 Å². The van der Waals surface area contributed by atoms with E-state index in [1.807, 2.05) is 29.2 Å². The second-order valence-corrected chi connectivity index (χ2v) is 6.04. The molecular weight excluding hydrogens is 348 g/mol. The van der Waals surface area contributed by atoms with Gasteiger partial charge in [-0.1, -0.05) is 28.1 Å². The molecule has 6 heteroatoms. The molecule has 22 heavy (non-hydrogen) atoms. The Morgan fingerprint density at radius 1 is 1.32 bits per heavy atom. The molecule has 2 aromatic rings. The zero-order valence-electron chi connectivity index (χ0n) is 12.1. The first-order valence-electron chi connectivity index (χ1n) is 7.28. The van der Waals surface area contributed by atoms with Crippen molar-refractivity contribution in [3.8, 4) is 11.3 Å². The molecule has 0 saturated carbocycles. The molecule has 1 aromatic heterocycles. The van der Waals surface area contributed by atoms with E-state index in [0.29, 0.717) is 45.0 Å². The van der Waals surface area contributed by atoms with Gasteiger partial charge in [0.15, 0.2) is 11.7 Å². The van der Waals surface area contributed by atoms with Crippen LogP contribution in [0.15, 0.2) is 39.4 Å². The fraction of sp³-hybridized carbons (Fsp3) is 0.375. The highest BCUT2D eigenvalue weighted by Crippen LogP contribution is 2.24. The lowest BCUT2D eigenvalue weighted by atomic mass is 10.2. The number of morpholine rings is 1. The van der Waals surface area contributed by atoms with Crippen molar-refractivity contribution >= 4 is 21.8 Å². The lowest BCUT2D eigenvalue weighted by molar-refractivity contribution is -0.135. The summed E-state index contributed by atoms with van der Waals surface area (Å²) in [5, 5.41) is 0. The fourth-order valence-electron chi connectivity index (χ4n) is 2.39. The van der Waals surface area contributed by atoms with E-state index in [0.717, 1.165) is 15.8 Å². The maximum absolute atomic E-state index is 12.1. The number of amides is 1. The number of carbonyl (C=O) groups is 1. The summed E-state index contributed by atoms with van der Waals surface area (Å²) >= 11 is 3.44. The molecule has 1 saturated heterocycles. The van der Waals surface area contributed by atoms with Crippen molar-refractivity contribution < 1.29 is 13.9 Å². The van der Waals surface area contributed by atoms with Crippen LogP contribution in [0, 0.1) is 0 Å². The molecule has 0 atom stereocenters. The first kappa shape index (κ1) is 15.2. The van der Waals surface area contributed by atoms with Crippen LogP contribution >= 0.6 is 15.9 Å². The van der Waals surface area contributed by atoms with Crippen LogP contribution < -0.4 is 0 Å². The molecule has 2 heterocycles. The first-order chi connectivity index (χ1) is 10.7. The summed E-state index contributed by atoms with van der Waals surface area (Å²) in [6.45, 7) is 2.59. The molecule has 0 bridgehead atoms. The monoisotopic (exact) mass is 364 g/mol. The van der Waals surface area contributed by atoms with Crippen molar-refractivity contribution in [3.05, 3.63) is 40.8 Å². The normalized spacial score (nSPS) is 15.0. The van der Waals surface area contributed by atoms with E-state index in [-0.39, 0.29) is 5.91 Å². The number of aryl methyl sites for hydroxylation is 1. The van der Waals surface area contributed by atoms with Gasteiger partial charge in [0.25, 0.3) is 0 Å². The Balaban J connectivity index is 1.59. The second kappa shape index (κ2) is 7.07. The molecule has 1 aliphatic heterocycles.